The highest BCUT2D eigenvalue weighted by molar-refractivity contribution is 5.92. The third-order valence-electron chi connectivity index (χ3n) is 6.97. The smallest absolute Gasteiger partial charge is 0.272 e. The number of nitrogens with zero attached hydrogens (tertiary/aromatic N) is 3. The average molecular weight is 493 g/mol. The van der Waals surface area contributed by atoms with Gasteiger partial charge in [0.1, 0.15) is 24.3 Å². The molecule has 0 spiro atoms. The molecule has 3 aromatic rings. The molecule has 1 amide bonds. The van der Waals surface area contributed by atoms with Crippen LogP contribution in [0.1, 0.15) is 39.7 Å². The van der Waals surface area contributed by atoms with Crippen LogP contribution in [0, 0.1) is 5.82 Å². The van der Waals surface area contributed by atoms with Gasteiger partial charge >= 0.3 is 0 Å². The van der Waals surface area contributed by atoms with E-state index in [9.17, 15) is 9.18 Å². The fourth-order valence-electron chi connectivity index (χ4n) is 5.08. The maximum Gasteiger partial charge on any atom is 0.272 e. The molecule has 6 rings (SSSR count). The number of hydrogen-bond donors (Lipinski definition) is 1. The zero-order chi connectivity index (χ0) is 24.5. The van der Waals surface area contributed by atoms with Gasteiger partial charge in [0.25, 0.3) is 5.91 Å². The number of nitrogens with one attached hydrogen (secondary N) is 1. The van der Waals surface area contributed by atoms with Crippen LogP contribution in [0.4, 0.5) is 4.39 Å². The number of aryl methyl sites for hydroxylation is 1. The van der Waals surface area contributed by atoms with Crippen LogP contribution in [-0.4, -0.2) is 59.5 Å². The molecule has 2 atom stereocenters. The summed E-state index contributed by atoms with van der Waals surface area (Å²) >= 11 is 0. The third-order valence-corrected chi connectivity index (χ3v) is 6.97. The Morgan fingerprint density at radius 3 is 2.83 bits per heavy atom. The number of carbonyl (C=O) groups excluding carboxylic acids is 1. The van der Waals surface area contributed by atoms with Crippen LogP contribution >= 0.6 is 0 Å². The zero-order valence-electron chi connectivity index (χ0n) is 20.0. The SMILES string of the molecule is O=C(NC1COc2ccc(CN3CCOCC3)cc2C1)c1cc2n(n1)CCC(c1ccccc1F)O2. The van der Waals surface area contributed by atoms with Gasteiger partial charge in [-0.3, -0.25) is 9.69 Å². The zero-order valence-corrected chi connectivity index (χ0v) is 20.0. The first kappa shape index (κ1) is 23.0. The molecule has 9 heteroatoms. The lowest BCUT2D eigenvalue weighted by atomic mass is 9.99. The van der Waals surface area contributed by atoms with Crippen molar-refractivity contribution in [1.82, 2.24) is 20.0 Å². The highest BCUT2D eigenvalue weighted by Crippen LogP contribution is 2.32. The predicted octanol–water partition coefficient (Wildman–Crippen LogP) is 3.11. The van der Waals surface area contributed by atoms with Crippen LogP contribution in [-0.2, 0) is 24.2 Å². The van der Waals surface area contributed by atoms with Crippen molar-refractivity contribution >= 4 is 5.91 Å². The van der Waals surface area contributed by atoms with Crippen molar-refractivity contribution in [3.05, 3.63) is 76.7 Å². The van der Waals surface area contributed by atoms with E-state index in [1.165, 1.54) is 11.6 Å². The Kier molecular flexibility index (Phi) is 6.33. The van der Waals surface area contributed by atoms with Crippen LogP contribution in [0.3, 0.4) is 0 Å². The van der Waals surface area contributed by atoms with E-state index in [4.69, 9.17) is 14.2 Å². The van der Waals surface area contributed by atoms with Crippen molar-refractivity contribution in [1.29, 1.82) is 0 Å². The number of aromatic nitrogens is 2. The first-order chi connectivity index (χ1) is 17.6. The van der Waals surface area contributed by atoms with E-state index in [0.717, 1.165) is 44.2 Å². The summed E-state index contributed by atoms with van der Waals surface area (Å²) in [6.07, 6.45) is 0.870. The first-order valence-electron chi connectivity index (χ1n) is 12.5. The molecule has 2 unspecified atom stereocenters. The number of ether oxygens (including phenoxy) is 3. The second-order valence-electron chi connectivity index (χ2n) is 9.52. The molecule has 0 saturated carbocycles. The van der Waals surface area contributed by atoms with Gasteiger partial charge in [-0.05, 0) is 29.7 Å². The summed E-state index contributed by atoms with van der Waals surface area (Å²) in [6.45, 7) is 5.25. The third kappa shape index (κ3) is 4.81. The summed E-state index contributed by atoms with van der Waals surface area (Å²) in [5, 5.41) is 7.48. The number of morpholine rings is 1. The number of carbonyl (C=O) groups is 1. The van der Waals surface area contributed by atoms with Crippen LogP contribution in [0.5, 0.6) is 11.6 Å². The van der Waals surface area contributed by atoms with Crippen molar-refractivity contribution in [3.63, 3.8) is 0 Å². The standard InChI is InChI=1S/C27H29FN4O4/c28-22-4-2-1-3-21(22)25-7-8-32-26(36-25)15-23(30-32)27(33)29-20-14-19-13-18(5-6-24(19)35-17-20)16-31-9-11-34-12-10-31/h1-6,13,15,20,25H,7-12,14,16-17H2,(H,29,33). The lowest BCUT2D eigenvalue weighted by molar-refractivity contribution is 0.0341. The summed E-state index contributed by atoms with van der Waals surface area (Å²) in [7, 11) is 0. The van der Waals surface area contributed by atoms with Crippen LogP contribution in [0.2, 0.25) is 0 Å². The van der Waals surface area contributed by atoms with Crippen molar-refractivity contribution in [2.45, 2.75) is 38.1 Å². The number of amides is 1. The fourth-order valence-corrected chi connectivity index (χ4v) is 5.08. The van der Waals surface area contributed by atoms with Gasteiger partial charge in [-0.15, -0.1) is 0 Å². The first-order valence-corrected chi connectivity index (χ1v) is 12.5. The minimum Gasteiger partial charge on any atom is -0.491 e. The lowest BCUT2D eigenvalue weighted by Gasteiger charge is -2.28. The summed E-state index contributed by atoms with van der Waals surface area (Å²) in [6, 6.07) is 14.4. The molecular formula is C27H29FN4O4. The molecule has 0 aliphatic carbocycles. The van der Waals surface area contributed by atoms with Gasteiger partial charge in [0.2, 0.25) is 5.88 Å². The number of benzene rings is 2. The van der Waals surface area contributed by atoms with Gasteiger partial charge < -0.3 is 19.5 Å². The van der Waals surface area contributed by atoms with E-state index in [1.807, 2.05) is 6.07 Å². The maximum atomic E-state index is 14.2. The summed E-state index contributed by atoms with van der Waals surface area (Å²) < 4.78 is 33.2. The Hall–Kier alpha value is -3.43. The Labute approximate surface area is 208 Å². The normalized spacial score (nSPS) is 21.6. The van der Waals surface area contributed by atoms with Gasteiger partial charge in [-0.2, -0.15) is 5.10 Å². The summed E-state index contributed by atoms with van der Waals surface area (Å²) in [5.41, 5.74) is 3.13. The molecule has 3 aliphatic rings. The van der Waals surface area contributed by atoms with E-state index in [0.29, 0.717) is 37.4 Å². The summed E-state index contributed by atoms with van der Waals surface area (Å²) in [4.78, 5) is 15.4. The van der Waals surface area contributed by atoms with Gasteiger partial charge in [0.15, 0.2) is 5.69 Å². The molecule has 0 radical (unpaired) electrons. The number of rotatable bonds is 5. The Bertz CT molecular complexity index is 1260. The maximum absolute atomic E-state index is 14.2. The molecule has 1 aromatic heterocycles. The lowest BCUT2D eigenvalue weighted by Crippen LogP contribution is -2.43. The molecule has 0 bridgehead atoms. The largest absolute Gasteiger partial charge is 0.491 e. The average Bonchev–Trinajstić information content (AvgIpc) is 3.33. The highest BCUT2D eigenvalue weighted by atomic mass is 19.1. The van der Waals surface area contributed by atoms with E-state index in [-0.39, 0.29) is 23.5 Å². The van der Waals surface area contributed by atoms with Crippen molar-refractivity contribution in [2.75, 3.05) is 32.9 Å². The van der Waals surface area contributed by atoms with Crippen LogP contribution < -0.4 is 14.8 Å². The molecule has 1 fully saturated rings. The van der Waals surface area contributed by atoms with Gasteiger partial charge in [0, 0.05) is 44.2 Å². The summed E-state index contributed by atoms with van der Waals surface area (Å²) in [5.74, 6) is 0.775. The van der Waals surface area contributed by atoms with Gasteiger partial charge in [-0.1, -0.05) is 30.3 Å². The van der Waals surface area contributed by atoms with Crippen LogP contribution in [0.25, 0.3) is 0 Å². The number of fused-ring (bicyclic) bond motifs is 2. The Balaban J connectivity index is 1.09. The molecular weight excluding hydrogens is 463 g/mol. The molecule has 4 heterocycles. The molecule has 188 valence electrons. The minimum atomic E-state index is -0.402. The predicted molar refractivity (Wildman–Crippen MR) is 130 cm³/mol. The quantitative estimate of drug-likeness (QED) is 0.590. The molecule has 2 aromatic carbocycles. The molecule has 3 aliphatic heterocycles. The topological polar surface area (TPSA) is 77.9 Å². The van der Waals surface area contributed by atoms with Crippen LogP contribution in [0.15, 0.2) is 48.5 Å². The van der Waals surface area contributed by atoms with Gasteiger partial charge in [-0.25, -0.2) is 9.07 Å². The van der Waals surface area contributed by atoms with E-state index >= 15 is 0 Å². The van der Waals surface area contributed by atoms with E-state index in [1.54, 1.807) is 28.9 Å². The fraction of sp³-hybridized carbons (Fsp3) is 0.407. The molecule has 1 saturated heterocycles. The second-order valence-corrected chi connectivity index (χ2v) is 9.52. The van der Waals surface area contributed by atoms with Crippen molar-refractivity contribution in [3.8, 4) is 11.6 Å². The molecule has 8 nitrogen and oxygen atoms in total. The van der Waals surface area contributed by atoms with Gasteiger partial charge in [0.05, 0.1) is 19.3 Å². The Morgan fingerprint density at radius 2 is 1.97 bits per heavy atom. The van der Waals surface area contributed by atoms with Crippen molar-refractivity contribution in [2.24, 2.45) is 0 Å². The molecule has 1 N–H and O–H groups in total. The Morgan fingerprint density at radius 1 is 1.11 bits per heavy atom. The van der Waals surface area contributed by atoms with Crippen molar-refractivity contribution < 1.29 is 23.4 Å². The minimum absolute atomic E-state index is 0.158. The number of halogens is 1. The highest BCUT2D eigenvalue weighted by Gasteiger charge is 2.28. The molecule has 36 heavy (non-hydrogen) atoms. The van der Waals surface area contributed by atoms with E-state index in [2.05, 4.69) is 27.4 Å². The number of hydrogen-bond acceptors (Lipinski definition) is 6. The second kappa shape index (κ2) is 9.91. The monoisotopic (exact) mass is 492 g/mol. The van der Waals surface area contributed by atoms with E-state index < -0.39 is 6.10 Å².